The molecule has 5 rings (SSSR count). The first kappa shape index (κ1) is 20.0. The van der Waals surface area contributed by atoms with Crippen LogP contribution in [0.3, 0.4) is 0 Å². The van der Waals surface area contributed by atoms with Crippen LogP contribution >= 0.6 is 0 Å². The normalized spacial score (nSPS) is 22.9. The topological polar surface area (TPSA) is 97.6 Å². The van der Waals surface area contributed by atoms with E-state index >= 15 is 0 Å². The lowest BCUT2D eigenvalue weighted by molar-refractivity contribution is 0.0126. The van der Waals surface area contributed by atoms with Gasteiger partial charge in [0.25, 0.3) is 0 Å². The van der Waals surface area contributed by atoms with Crippen molar-refractivity contribution < 1.29 is 18.9 Å². The monoisotopic (exact) mass is 428 g/mol. The third-order valence-corrected chi connectivity index (χ3v) is 7.88. The highest BCUT2D eigenvalue weighted by molar-refractivity contribution is 7.89. The van der Waals surface area contributed by atoms with E-state index in [4.69, 9.17) is 4.42 Å². The van der Waals surface area contributed by atoms with Gasteiger partial charge in [0, 0.05) is 23.7 Å². The van der Waals surface area contributed by atoms with Crippen molar-refractivity contribution in [3.8, 4) is 0 Å². The third-order valence-electron chi connectivity index (χ3n) is 6.95. The van der Waals surface area contributed by atoms with Gasteiger partial charge >= 0.3 is 11.1 Å². The van der Waals surface area contributed by atoms with Gasteiger partial charge in [0.15, 0.2) is 0 Å². The molecule has 1 aromatic heterocycles. The van der Waals surface area contributed by atoms with Gasteiger partial charge in [-0.25, -0.2) is 4.79 Å². The maximum atomic E-state index is 12.8. The van der Waals surface area contributed by atoms with Gasteiger partial charge in [-0.1, -0.05) is 13.0 Å². The van der Waals surface area contributed by atoms with E-state index in [-0.39, 0.29) is 5.09 Å². The van der Waals surface area contributed by atoms with E-state index in [0.29, 0.717) is 30.6 Å². The predicted molar refractivity (Wildman–Crippen MR) is 115 cm³/mol. The Labute approximate surface area is 179 Å². The number of fused-ring (bicyclic) bond motifs is 3. The van der Waals surface area contributed by atoms with Crippen LogP contribution in [0.5, 0.6) is 0 Å². The number of hydrogen-bond acceptors (Lipinski definition) is 4. The number of nitrogens with one attached hydrogen (secondary N) is 2. The molecule has 2 aromatic rings. The van der Waals surface area contributed by atoms with Crippen LogP contribution in [0.25, 0.3) is 0 Å². The Morgan fingerprint density at radius 1 is 1.13 bits per heavy atom. The molecule has 2 amide bonds. The molecule has 0 spiro atoms. The van der Waals surface area contributed by atoms with E-state index in [1.807, 2.05) is 6.92 Å². The van der Waals surface area contributed by atoms with Crippen LogP contribution in [0.4, 0.5) is 10.5 Å². The molecule has 1 heterocycles. The molecule has 2 atom stereocenters. The number of carbonyl (C=O) groups is 1. The number of carbonyl (C=O) groups excluding carboxylic acids is 1. The number of aryl methyl sites for hydroxylation is 3. The lowest BCUT2D eigenvalue weighted by Crippen LogP contribution is -2.34. The number of furan rings is 1. The summed E-state index contributed by atoms with van der Waals surface area (Å²) in [6, 6.07) is 3.48. The Morgan fingerprint density at radius 3 is 2.50 bits per heavy atom. The fraction of sp³-hybridized carbons (Fsp3) is 0.522. The van der Waals surface area contributed by atoms with Crippen molar-refractivity contribution in [2.45, 2.75) is 81.8 Å². The highest BCUT2D eigenvalue weighted by atomic mass is 32.2. The van der Waals surface area contributed by atoms with Gasteiger partial charge in [-0.15, -0.1) is 4.72 Å². The van der Waals surface area contributed by atoms with E-state index in [0.717, 1.165) is 50.6 Å². The van der Waals surface area contributed by atoms with Crippen molar-refractivity contribution in [1.82, 2.24) is 4.72 Å². The second-order valence-corrected chi connectivity index (χ2v) is 9.84. The smallest absolute Gasteiger partial charge is 0.361 e. The summed E-state index contributed by atoms with van der Waals surface area (Å²) in [5, 5.41) is 14.0. The van der Waals surface area contributed by atoms with Crippen LogP contribution in [0.15, 0.2) is 21.6 Å². The van der Waals surface area contributed by atoms with Crippen LogP contribution in [0, 0.1) is 0 Å². The van der Waals surface area contributed by atoms with Gasteiger partial charge in [-0.05, 0) is 80.0 Å². The van der Waals surface area contributed by atoms with Gasteiger partial charge in [-0.2, -0.15) is 0 Å². The number of urea groups is 1. The molecule has 3 N–H and O–H groups in total. The summed E-state index contributed by atoms with van der Waals surface area (Å²) in [4.78, 5) is 12.7. The summed E-state index contributed by atoms with van der Waals surface area (Å²) >= 11 is -1.82. The number of amides is 2. The van der Waals surface area contributed by atoms with Crippen molar-refractivity contribution in [1.29, 1.82) is 0 Å². The fourth-order valence-electron chi connectivity index (χ4n) is 5.36. The Kier molecular flexibility index (Phi) is 5.08. The molecule has 0 aliphatic heterocycles. The second kappa shape index (κ2) is 7.62. The first-order valence-corrected chi connectivity index (χ1v) is 12.1. The molecule has 7 heteroatoms. The van der Waals surface area contributed by atoms with E-state index in [9.17, 15) is 14.5 Å². The van der Waals surface area contributed by atoms with Crippen LogP contribution in [0.1, 0.15) is 72.6 Å². The molecule has 2 unspecified atom stereocenters. The van der Waals surface area contributed by atoms with E-state index in [1.165, 1.54) is 22.3 Å². The van der Waals surface area contributed by atoms with E-state index in [2.05, 4.69) is 16.1 Å². The van der Waals surface area contributed by atoms with Crippen molar-refractivity contribution in [2.75, 3.05) is 5.32 Å². The molecular weight excluding hydrogens is 400 g/mol. The quantitative estimate of drug-likeness (QED) is 0.640. The Hall–Kier alpha value is -1.96. The molecule has 30 heavy (non-hydrogen) atoms. The van der Waals surface area contributed by atoms with Crippen molar-refractivity contribution in [3.63, 3.8) is 0 Å². The number of rotatable bonds is 4. The van der Waals surface area contributed by atoms with Crippen molar-refractivity contribution in [3.05, 3.63) is 45.7 Å². The van der Waals surface area contributed by atoms with Gasteiger partial charge < -0.3 is 19.4 Å². The second-order valence-electron chi connectivity index (χ2n) is 8.70. The summed E-state index contributed by atoms with van der Waals surface area (Å²) in [6.07, 6.45) is 9.07. The van der Waals surface area contributed by atoms with Crippen LogP contribution in [-0.4, -0.2) is 15.7 Å². The fourth-order valence-corrected chi connectivity index (χ4v) is 6.08. The zero-order chi connectivity index (χ0) is 20.9. The average molecular weight is 429 g/mol. The maximum absolute atomic E-state index is 12.8. The summed E-state index contributed by atoms with van der Waals surface area (Å²) in [5.74, 6) is 0.676. The summed E-state index contributed by atoms with van der Waals surface area (Å²) < 4.78 is 21.1. The molecular formula is C23H28N2O4S. The minimum atomic E-state index is -1.82. The van der Waals surface area contributed by atoms with Crippen molar-refractivity contribution in [2.24, 2.45) is 0 Å². The molecule has 0 bridgehead atoms. The van der Waals surface area contributed by atoms with E-state index < -0.39 is 23.0 Å². The average Bonchev–Trinajstić information content (AvgIpc) is 3.47. The molecule has 6 nitrogen and oxygen atoms in total. The molecule has 0 radical (unpaired) electrons. The van der Waals surface area contributed by atoms with Gasteiger partial charge in [0.1, 0.15) is 17.1 Å². The molecule has 0 saturated heterocycles. The van der Waals surface area contributed by atoms with Crippen LogP contribution in [0.2, 0.25) is 0 Å². The minimum absolute atomic E-state index is 0.187. The highest BCUT2D eigenvalue weighted by Crippen LogP contribution is 2.41. The minimum Gasteiger partial charge on any atom is -0.585 e. The largest absolute Gasteiger partial charge is 0.585 e. The molecule has 160 valence electrons. The first-order chi connectivity index (χ1) is 14.5. The Morgan fingerprint density at radius 2 is 1.83 bits per heavy atom. The predicted octanol–water partition coefficient (Wildman–Crippen LogP) is 4.04. The lowest BCUT2D eigenvalue weighted by atomic mass is 9.81. The molecule has 3 aliphatic carbocycles. The standard InChI is InChI=1S/C23H28N2O4S/c1-2-23(27)11-5-10-19-18(23)13-20(29-19)30(28)25-22(26)24-21-16-8-3-6-14(16)12-15-7-4-9-17(15)21/h12-13,27H,2-11H2,1H3,(H2,24,25,26). The lowest BCUT2D eigenvalue weighted by Gasteiger charge is -2.30. The Bertz CT molecular complexity index is 969. The summed E-state index contributed by atoms with van der Waals surface area (Å²) in [7, 11) is 0. The van der Waals surface area contributed by atoms with Gasteiger partial charge in [-0.3, -0.25) is 0 Å². The molecule has 1 aromatic carbocycles. The number of benzene rings is 1. The van der Waals surface area contributed by atoms with Crippen LogP contribution in [-0.2, 0) is 49.1 Å². The third kappa shape index (κ3) is 3.33. The number of aliphatic hydroxyl groups is 1. The van der Waals surface area contributed by atoms with Crippen molar-refractivity contribution >= 4 is 23.1 Å². The SMILES string of the molecule is CCC1(O)CCCc2oc([S+]([O-])NC(=O)Nc3c4c(cc5c3CCC5)CCC4)cc21. The Balaban J connectivity index is 1.34. The first-order valence-electron chi connectivity index (χ1n) is 11.0. The van der Waals surface area contributed by atoms with Gasteiger partial charge in [0.2, 0.25) is 0 Å². The van der Waals surface area contributed by atoms with Crippen LogP contribution < -0.4 is 10.0 Å². The molecule has 0 saturated carbocycles. The molecule has 3 aliphatic rings. The zero-order valence-electron chi connectivity index (χ0n) is 17.3. The molecule has 0 fully saturated rings. The summed E-state index contributed by atoms with van der Waals surface area (Å²) in [5.41, 5.74) is 5.84. The van der Waals surface area contributed by atoms with E-state index in [1.54, 1.807) is 6.07 Å². The summed E-state index contributed by atoms with van der Waals surface area (Å²) in [6.45, 7) is 1.93. The zero-order valence-corrected chi connectivity index (χ0v) is 18.1. The van der Waals surface area contributed by atoms with Gasteiger partial charge in [0.05, 0.1) is 5.60 Å². The number of anilines is 1. The number of hydrogen-bond donors (Lipinski definition) is 3. The highest BCUT2D eigenvalue weighted by Gasteiger charge is 2.38. The maximum Gasteiger partial charge on any atom is 0.361 e.